The second kappa shape index (κ2) is 18.9. The van der Waals surface area contributed by atoms with Crippen LogP contribution in [0.5, 0.6) is 0 Å². The zero-order chi connectivity index (χ0) is 29.0. The first-order chi connectivity index (χ1) is 18.9. The number of carbonyl (C=O) groups excluding carboxylic acids is 3. The smallest absolute Gasteiger partial charge is 0.410 e. The van der Waals surface area contributed by atoms with Gasteiger partial charge in [0, 0.05) is 32.4 Å². The van der Waals surface area contributed by atoms with Gasteiger partial charge in [-0.25, -0.2) is 9.59 Å². The summed E-state index contributed by atoms with van der Waals surface area (Å²) < 4.78 is 10.2. The molecule has 1 saturated heterocycles. The van der Waals surface area contributed by atoms with Gasteiger partial charge in [0.2, 0.25) is 0 Å². The third-order valence-corrected chi connectivity index (χ3v) is 5.25. The summed E-state index contributed by atoms with van der Waals surface area (Å²) in [5, 5.41) is 10.9. The molecular weight excluding hydrogens is 498 g/mol. The van der Waals surface area contributed by atoms with Crippen molar-refractivity contribution in [1.82, 2.24) is 9.80 Å². The number of methoxy groups -OCH3 is 1. The van der Waals surface area contributed by atoms with Gasteiger partial charge in [-0.3, -0.25) is 10.2 Å². The van der Waals surface area contributed by atoms with E-state index < -0.39 is 12.1 Å². The number of ether oxygens (including phenoxy) is 2. The number of anilines is 1. The van der Waals surface area contributed by atoms with Crippen LogP contribution in [0.3, 0.4) is 0 Å². The number of hydrogen-bond acceptors (Lipinski definition) is 8. The van der Waals surface area contributed by atoms with E-state index in [0.29, 0.717) is 38.3 Å². The van der Waals surface area contributed by atoms with Crippen molar-refractivity contribution in [2.45, 2.75) is 47.1 Å². The fourth-order valence-corrected chi connectivity index (χ4v) is 3.49. The average molecular weight is 540 g/mol. The lowest BCUT2D eigenvalue weighted by atomic mass is 10.1. The maximum Gasteiger partial charge on any atom is 0.410 e. The van der Waals surface area contributed by atoms with Crippen LogP contribution in [0.25, 0.3) is 0 Å². The number of esters is 1. The van der Waals surface area contributed by atoms with Crippen LogP contribution in [0.1, 0.15) is 66.8 Å². The quantitative estimate of drug-likeness (QED) is 0.274. The number of nitrogens with zero attached hydrogens (tertiary/aromatic N) is 3. The van der Waals surface area contributed by atoms with E-state index in [4.69, 9.17) is 14.9 Å². The first-order valence-electron chi connectivity index (χ1n) is 13.2. The summed E-state index contributed by atoms with van der Waals surface area (Å²) in [6, 6.07) is 14.0. The van der Waals surface area contributed by atoms with Gasteiger partial charge in [0.05, 0.1) is 30.1 Å². The topological polar surface area (TPSA) is 124 Å². The Hall–Kier alpha value is -4.21. The second-order valence-corrected chi connectivity index (χ2v) is 8.19. The molecule has 2 amide bonds. The molecule has 0 bridgehead atoms. The molecule has 0 spiro atoms. The van der Waals surface area contributed by atoms with Crippen molar-refractivity contribution in [1.29, 1.82) is 5.41 Å². The van der Waals surface area contributed by atoms with Crippen LogP contribution in [-0.2, 0) is 16.1 Å². The lowest BCUT2D eigenvalue weighted by Gasteiger charge is -2.23. The number of nitrogens with one attached hydrogen (secondary N) is 2. The zero-order valence-electron chi connectivity index (χ0n) is 23.6. The van der Waals surface area contributed by atoms with Gasteiger partial charge in [0.1, 0.15) is 6.61 Å². The monoisotopic (exact) mass is 539 g/mol. The molecule has 0 saturated carbocycles. The fourth-order valence-electron chi connectivity index (χ4n) is 3.49. The summed E-state index contributed by atoms with van der Waals surface area (Å²) in [5.74, 6) is -0.871. The summed E-state index contributed by atoms with van der Waals surface area (Å²) >= 11 is 0. The molecule has 1 aliphatic rings. The van der Waals surface area contributed by atoms with E-state index >= 15 is 0 Å². The van der Waals surface area contributed by atoms with Crippen LogP contribution >= 0.6 is 0 Å². The van der Waals surface area contributed by atoms with Crippen LogP contribution in [0.4, 0.5) is 10.5 Å². The third kappa shape index (κ3) is 11.0. The number of benzene rings is 2. The van der Waals surface area contributed by atoms with Gasteiger partial charge in [-0.05, 0) is 30.2 Å². The number of hydrazone groups is 1. The Morgan fingerprint density at radius 1 is 1.00 bits per heavy atom. The van der Waals surface area contributed by atoms with Crippen molar-refractivity contribution in [2.75, 3.05) is 38.7 Å². The van der Waals surface area contributed by atoms with Crippen molar-refractivity contribution in [3.8, 4) is 0 Å². The maximum absolute atomic E-state index is 13.4. The Kier molecular flexibility index (Phi) is 15.9. The number of carbonyl (C=O) groups is 3. The largest absolute Gasteiger partial charge is 0.465 e. The lowest BCUT2D eigenvalue weighted by Crippen LogP contribution is -2.37. The maximum atomic E-state index is 13.4. The SMILES string of the molecule is CC.CCC.COC(=O)c1ccc(N/N=C\C=N)c(C(=O)N2CCCN(C(=O)OCc3ccccc3)CC2)c1. The van der Waals surface area contributed by atoms with E-state index in [1.807, 2.05) is 44.2 Å². The van der Waals surface area contributed by atoms with E-state index in [1.54, 1.807) is 15.9 Å². The normalized spacial score (nSPS) is 12.6. The van der Waals surface area contributed by atoms with Crippen molar-refractivity contribution in [2.24, 2.45) is 5.10 Å². The molecule has 2 aromatic carbocycles. The Morgan fingerprint density at radius 3 is 2.28 bits per heavy atom. The highest BCUT2D eigenvalue weighted by Gasteiger charge is 2.26. The van der Waals surface area contributed by atoms with E-state index in [-0.39, 0.29) is 23.6 Å². The average Bonchev–Trinajstić information content (AvgIpc) is 3.24. The molecule has 0 atom stereocenters. The van der Waals surface area contributed by atoms with E-state index in [0.717, 1.165) is 11.8 Å². The lowest BCUT2D eigenvalue weighted by molar-refractivity contribution is 0.0600. The Labute approximate surface area is 231 Å². The van der Waals surface area contributed by atoms with Gasteiger partial charge in [-0.1, -0.05) is 64.4 Å². The van der Waals surface area contributed by atoms with E-state index in [9.17, 15) is 14.4 Å². The minimum Gasteiger partial charge on any atom is -0.465 e. The predicted octanol–water partition coefficient (Wildman–Crippen LogP) is 5.45. The van der Waals surface area contributed by atoms with Gasteiger partial charge < -0.3 is 24.7 Å². The summed E-state index contributed by atoms with van der Waals surface area (Å²) in [6.45, 7) is 9.97. The first kappa shape index (κ1) is 32.8. The summed E-state index contributed by atoms with van der Waals surface area (Å²) in [7, 11) is 1.27. The third-order valence-electron chi connectivity index (χ3n) is 5.25. The van der Waals surface area contributed by atoms with Crippen molar-refractivity contribution < 1.29 is 23.9 Å². The van der Waals surface area contributed by atoms with Crippen LogP contribution in [-0.4, -0.2) is 73.5 Å². The molecule has 2 N–H and O–H groups in total. The van der Waals surface area contributed by atoms with Crippen molar-refractivity contribution in [3.05, 3.63) is 65.2 Å². The molecule has 0 unspecified atom stereocenters. The molecule has 0 aliphatic carbocycles. The highest BCUT2D eigenvalue weighted by molar-refractivity contribution is 6.14. The van der Waals surface area contributed by atoms with E-state index in [2.05, 4.69) is 24.4 Å². The minimum absolute atomic E-state index is 0.185. The van der Waals surface area contributed by atoms with E-state index in [1.165, 1.54) is 31.9 Å². The summed E-state index contributed by atoms with van der Waals surface area (Å²) in [4.78, 5) is 41.1. The highest BCUT2D eigenvalue weighted by Crippen LogP contribution is 2.21. The summed E-state index contributed by atoms with van der Waals surface area (Å²) in [5.41, 5.74) is 4.49. The number of hydrogen-bond donors (Lipinski definition) is 2. The molecule has 3 rings (SSSR count). The molecule has 2 aromatic rings. The number of amides is 2. The molecule has 1 fully saturated rings. The molecule has 0 aromatic heterocycles. The van der Waals surface area contributed by atoms with Gasteiger partial charge in [-0.15, -0.1) is 0 Å². The van der Waals surface area contributed by atoms with Crippen molar-refractivity contribution >= 4 is 36.1 Å². The molecule has 39 heavy (non-hydrogen) atoms. The predicted molar refractivity (Wildman–Crippen MR) is 155 cm³/mol. The Balaban J connectivity index is 0.00000142. The van der Waals surface area contributed by atoms with Crippen LogP contribution in [0, 0.1) is 5.41 Å². The molecule has 212 valence electrons. The summed E-state index contributed by atoms with van der Waals surface area (Å²) in [6.07, 6.45) is 3.64. The molecule has 1 heterocycles. The van der Waals surface area contributed by atoms with Gasteiger partial charge >= 0.3 is 12.1 Å². The Bertz CT molecular complexity index is 1070. The minimum atomic E-state index is -0.563. The fraction of sp³-hybridized carbons (Fsp3) is 0.414. The molecule has 0 radical (unpaired) electrons. The molecule has 1 aliphatic heterocycles. The van der Waals surface area contributed by atoms with Gasteiger partial charge in [-0.2, -0.15) is 5.10 Å². The van der Waals surface area contributed by atoms with Crippen LogP contribution in [0.2, 0.25) is 0 Å². The Morgan fingerprint density at radius 2 is 1.64 bits per heavy atom. The van der Waals surface area contributed by atoms with Gasteiger partial charge in [0.25, 0.3) is 5.91 Å². The van der Waals surface area contributed by atoms with Crippen LogP contribution < -0.4 is 5.43 Å². The highest BCUT2D eigenvalue weighted by atomic mass is 16.6. The number of rotatable bonds is 7. The van der Waals surface area contributed by atoms with Gasteiger partial charge in [0.15, 0.2) is 0 Å². The standard InChI is InChI=1S/C24H27N5O5.C3H8.C2H6/c1-33-23(31)19-8-9-21(27-26-11-10-25)20(16-19)22(30)28-12-5-13-29(15-14-28)24(32)34-17-18-6-3-2-4-7-18;1-3-2;1-2/h2-4,6-11,16,25,27H,5,12-15,17H2,1H3;3H2,1-2H3;1-2H3/b25-10?,26-11-;;. The molecular formula is C29H41N5O5. The zero-order valence-corrected chi connectivity index (χ0v) is 23.6. The van der Waals surface area contributed by atoms with Crippen molar-refractivity contribution in [3.63, 3.8) is 0 Å². The molecule has 10 heteroatoms. The molecule has 10 nitrogen and oxygen atoms in total. The van der Waals surface area contributed by atoms with Crippen LogP contribution in [0.15, 0.2) is 53.6 Å². The second-order valence-electron chi connectivity index (χ2n) is 8.19. The first-order valence-corrected chi connectivity index (χ1v) is 13.2.